The van der Waals surface area contributed by atoms with E-state index >= 15 is 0 Å². The van der Waals surface area contributed by atoms with Crippen LogP contribution in [0.2, 0.25) is 5.02 Å². The summed E-state index contributed by atoms with van der Waals surface area (Å²) in [6.45, 7) is 3.70. The van der Waals surface area contributed by atoms with Crippen LogP contribution in [0.15, 0.2) is 54.6 Å². The van der Waals surface area contributed by atoms with Crippen LogP contribution in [0.4, 0.5) is 0 Å². The fourth-order valence-electron chi connectivity index (χ4n) is 3.82. The first kappa shape index (κ1) is 22.2. The molecule has 1 aliphatic heterocycles. The molecule has 1 unspecified atom stereocenters. The largest absolute Gasteiger partial charge is 0.493 e. The van der Waals surface area contributed by atoms with Crippen molar-refractivity contribution in [3.05, 3.63) is 65.2 Å². The molecule has 1 saturated heterocycles. The lowest BCUT2D eigenvalue weighted by atomic mass is 9.93. The van der Waals surface area contributed by atoms with Gasteiger partial charge < -0.3 is 15.0 Å². The summed E-state index contributed by atoms with van der Waals surface area (Å²) in [4.78, 5) is 27.1. The molecule has 2 aromatic carbocycles. The summed E-state index contributed by atoms with van der Waals surface area (Å²) in [5.74, 6) is 0.716. The summed E-state index contributed by atoms with van der Waals surface area (Å²) >= 11 is 5.93. The Kier molecular flexibility index (Phi) is 8.14. The third-order valence-electron chi connectivity index (χ3n) is 5.47. The minimum Gasteiger partial charge on any atom is -0.493 e. The molecule has 0 spiro atoms. The summed E-state index contributed by atoms with van der Waals surface area (Å²) < 4.78 is 5.58. The third kappa shape index (κ3) is 6.23. The van der Waals surface area contributed by atoms with Crippen molar-refractivity contribution in [1.29, 1.82) is 0 Å². The van der Waals surface area contributed by atoms with Crippen molar-refractivity contribution in [2.75, 3.05) is 19.7 Å². The van der Waals surface area contributed by atoms with E-state index in [-0.39, 0.29) is 30.2 Å². The smallest absolute Gasteiger partial charge is 0.230 e. The van der Waals surface area contributed by atoms with Gasteiger partial charge >= 0.3 is 0 Å². The summed E-state index contributed by atoms with van der Waals surface area (Å²) in [6.07, 6.45) is 2.62. The Morgan fingerprint density at radius 3 is 2.53 bits per heavy atom. The van der Waals surface area contributed by atoms with E-state index in [0.717, 1.165) is 24.8 Å². The van der Waals surface area contributed by atoms with Crippen LogP contribution in [-0.4, -0.2) is 42.5 Å². The van der Waals surface area contributed by atoms with Crippen molar-refractivity contribution >= 4 is 23.4 Å². The molecular weight excluding hydrogens is 400 g/mol. The predicted molar refractivity (Wildman–Crippen MR) is 119 cm³/mol. The van der Waals surface area contributed by atoms with Gasteiger partial charge in [0.2, 0.25) is 11.8 Å². The molecular formula is C24H29ClN2O3. The maximum atomic E-state index is 13.0. The number of hydrogen-bond donors (Lipinski definition) is 1. The van der Waals surface area contributed by atoms with E-state index in [9.17, 15) is 9.59 Å². The van der Waals surface area contributed by atoms with Gasteiger partial charge in [-0.1, -0.05) is 54.9 Å². The van der Waals surface area contributed by atoms with Crippen LogP contribution >= 0.6 is 11.6 Å². The van der Waals surface area contributed by atoms with Crippen LogP contribution in [0.1, 0.15) is 44.1 Å². The van der Waals surface area contributed by atoms with Crippen molar-refractivity contribution in [3.8, 4) is 5.75 Å². The molecule has 0 aliphatic carbocycles. The highest BCUT2D eigenvalue weighted by Gasteiger charge is 2.28. The molecule has 1 N–H and O–H groups in total. The Bertz CT molecular complexity index is 835. The van der Waals surface area contributed by atoms with Gasteiger partial charge in [0, 0.05) is 24.2 Å². The lowest BCUT2D eigenvalue weighted by Crippen LogP contribution is -2.47. The zero-order valence-electron chi connectivity index (χ0n) is 17.4. The van der Waals surface area contributed by atoms with Crippen LogP contribution < -0.4 is 10.1 Å². The molecule has 160 valence electrons. The molecule has 6 heteroatoms. The number of amides is 2. The minimum atomic E-state index is -0.0963. The van der Waals surface area contributed by atoms with E-state index in [0.29, 0.717) is 30.5 Å². The number of ether oxygens (including phenoxy) is 1. The average Bonchev–Trinajstić information content (AvgIpc) is 2.75. The number of carbonyl (C=O) groups excluding carboxylic acids is 2. The Hall–Kier alpha value is -2.53. The number of halogens is 1. The van der Waals surface area contributed by atoms with E-state index in [1.54, 1.807) is 12.1 Å². The molecule has 1 fully saturated rings. The molecule has 2 aromatic rings. The number of carbonyl (C=O) groups is 2. The van der Waals surface area contributed by atoms with Gasteiger partial charge in [0.25, 0.3) is 0 Å². The zero-order valence-corrected chi connectivity index (χ0v) is 18.1. The number of hydrogen-bond acceptors (Lipinski definition) is 3. The van der Waals surface area contributed by atoms with E-state index in [1.165, 1.54) is 0 Å². The Morgan fingerprint density at radius 1 is 1.13 bits per heavy atom. The van der Waals surface area contributed by atoms with Gasteiger partial charge in [0.15, 0.2) is 0 Å². The summed E-state index contributed by atoms with van der Waals surface area (Å²) in [5.41, 5.74) is 1.07. The molecule has 1 atom stereocenters. The van der Waals surface area contributed by atoms with Gasteiger partial charge in [0.1, 0.15) is 5.75 Å². The number of rotatable bonds is 8. The van der Waals surface area contributed by atoms with Gasteiger partial charge in [-0.15, -0.1) is 0 Å². The van der Waals surface area contributed by atoms with Gasteiger partial charge in [-0.25, -0.2) is 0 Å². The number of benzene rings is 2. The molecule has 3 rings (SSSR count). The van der Waals surface area contributed by atoms with Gasteiger partial charge in [-0.05, 0) is 43.0 Å². The molecule has 0 bridgehead atoms. The zero-order chi connectivity index (χ0) is 21.3. The number of likely N-dealkylation sites (tertiary alicyclic amines) is 1. The fourth-order valence-corrected chi connectivity index (χ4v) is 4.00. The van der Waals surface area contributed by atoms with Crippen molar-refractivity contribution in [2.24, 2.45) is 0 Å². The number of nitrogens with zero attached hydrogens (tertiary/aromatic N) is 1. The molecule has 2 amide bonds. The maximum absolute atomic E-state index is 13.0. The standard InChI is InChI=1S/C24H29ClN2O3/c1-2-22(18-7-4-3-5-8-18)24(29)27-14-11-20(12-15-27)26-23(28)13-16-30-21-10-6-9-19(25)17-21/h3-10,17,20,22H,2,11-16H2,1H3,(H,26,28). The third-order valence-corrected chi connectivity index (χ3v) is 5.71. The molecule has 0 aromatic heterocycles. The molecule has 30 heavy (non-hydrogen) atoms. The van der Waals surface area contributed by atoms with E-state index in [4.69, 9.17) is 16.3 Å². The van der Waals surface area contributed by atoms with Crippen LogP contribution in [-0.2, 0) is 9.59 Å². The van der Waals surface area contributed by atoms with Crippen molar-refractivity contribution < 1.29 is 14.3 Å². The second kappa shape index (κ2) is 11.0. The van der Waals surface area contributed by atoms with Crippen molar-refractivity contribution in [2.45, 2.75) is 44.6 Å². The molecule has 1 heterocycles. The van der Waals surface area contributed by atoms with E-state index < -0.39 is 0 Å². The first-order chi connectivity index (χ1) is 14.6. The topological polar surface area (TPSA) is 58.6 Å². The molecule has 5 nitrogen and oxygen atoms in total. The number of nitrogens with one attached hydrogen (secondary N) is 1. The summed E-state index contributed by atoms with van der Waals surface area (Å²) in [6, 6.07) is 17.2. The maximum Gasteiger partial charge on any atom is 0.230 e. The highest BCUT2D eigenvalue weighted by atomic mass is 35.5. The quantitative estimate of drug-likeness (QED) is 0.677. The number of piperidine rings is 1. The van der Waals surface area contributed by atoms with Gasteiger partial charge in [0.05, 0.1) is 18.9 Å². The first-order valence-corrected chi connectivity index (χ1v) is 11.0. The van der Waals surface area contributed by atoms with Gasteiger partial charge in [-0.3, -0.25) is 9.59 Å². The van der Waals surface area contributed by atoms with Crippen LogP contribution in [0, 0.1) is 0 Å². The highest BCUT2D eigenvalue weighted by Crippen LogP contribution is 2.24. The normalized spacial score (nSPS) is 15.5. The Balaban J connectivity index is 1.40. The Morgan fingerprint density at radius 2 is 1.87 bits per heavy atom. The van der Waals surface area contributed by atoms with E-state index in [1.807, 2.05) is 54.3 Å². The van der Waals surface area contributed by atoms with Crippen LogP contribution in [0.3, 0.4) is 0 Å². The fraction of sp³-hybridized carbons (Fsp3) is 0.417. The highest BCUT2D eigenvalue weighted by molar-refractivity contribution is 6.30. The lowest BCUT2D eigenvalue weighted by Gasteiger charge is -2.34. The van der Waals surface area contributed by atoms with Crippen molar-refractivity contribution in [3.63, 3.8) is 0 Å². The van der Waals surface area contributed by atoms with Crippen LogP contribution in [0.5, 0.6) is 5.75 Å². The Labute approximate surface area is 183 Å². The second-order valence-corrected chi connectivity index (χ2v) is 8.03. The monoisotopic (exact) mass is 428 g/mol. The second-order valence-electron chi connectivity index (χ2n) is 7.59. The molecule has 0 radical (unpaired) electrons. The summed E-state index contributed by atoms with van der Waals surface area (Å²) in [7, 11) is 0. The average molecular weight is 429 g/mol. The van der Waals surface area contributed by atoms with Gasteiger partial charge in [-0.2, -0.15) is 0 Å². The summed E-state index contributed by atoms with van der Waals surface area (Å²) in [5, 5.41) is 3.68. The van der Waals surface area contributed by atoms with Crippen LogP contribution in [0.25, 0.3) is 0 Å². The predicted octanol–water partition coefficient (Wildman–Crippen LogP) is 4.41. The lowest BCUT2D eigenvalue weighted by molar-refractivity contribution is -0.134. The first-order valence-electron chi connectivity index (χ1n) is 10.6. The SMILES string of the molecule is CCC(C(=O)N1CCC(NC(=O)CCOc2cccc(Cl)c2)CC1)c1ccccc1. The molecule has 0 saturated carbocycles. The van der Waals surface area contributed by atoms with E-state index in [2.05, 4.69) is 5.32 Å². The minimum absolute atomic E-state index is 0.0301. The molecule has 1 aliphatic rings. The van der Waals surface area contributed by atoms with Crippen molar-refractivity contribution in [1.82, 2.24) is 10.2 Å².